The summed E-state index contributed by atoms with van der Waals surface area (Å²) in [5, 5.41) is 4.87. The van der Waals surface area contributed by atoms with Crippen LogP contribution in [0, 0.1) is 5.82 Å². The van der Waals surface area contributed by atoms with Gasteiger partial charge in [0.1, 0.15) is 11.6 Å². The summed E-state index contributed by atoms with van der Waals surface area (Å²) in [6, 6.07) is 8.76. The van der Waals surface area contributed by atoms with E-state index in [1.54, 1.807) is 22.8 Å². The van der Waals surface area contributed by atoms with Crippen LogP contribution in [0.25, 0.3) is 28.0 Å². The number of fused-ring (bicyclic) bond motifs is 1. The lowest BCUT2D eigenvalue weighted by Gasteiger charge is -2.33. The molecule has 0 atom stereocenters. The predicted octanol–water partition coefficient (Wildman–Crippen LogP) is 2.50. The van der Waals surface area contributed by atoms with Crippen molar-refractivity contribution in [3.05, 3.63) is 54.7 Å². The normalized spacial score (nSPS) is 17.8. The lowest BCUT2D eigenvalue weighted by molar-refractivity contribution is 0.311. The molecule has 186 valence electrons. The highest BCUT2D eigenvalue weighted by atomic mass is 19.1. The van der Waals surface area contributed by atoms with E-state index >= 15 is 0 Å². The quantitative estimate of drug-likeness (QED) is 0.435. The smallest absolute Gasteiger partial charge is 0.225 e. The van der Waals surface area contributed by atoms with E-state index in [2.05, 4.69) is 39.8 Å². The molecule has 2 aliphatic rings. The summed E-state index contributed by atoms with van der Waals surface area (Å²) >= 11 is 0. The number of rotatable bonds is 4. The number of nitrogens with zero attached hydrogens (tertiary/aromatic N) is 9. The van der Waals surface area contributed by atoms with Crippen molar-refractivity contribution in [2.75, 3.05) is 76.3 Å². The second-order valence-electron chi connectivity index (χ2n) is 9.64. The third-order valence-corrected chi connectivity index (χ3v) is 7.12. The Morgan fingerprint density at radius 1 is 0.778 bits per heavy atom. The lowest BCUT2D eigenvalue weighted by atomic mass is 10.1. The maximum Gasteiger partial charge on any atom is 0.225 e. The van der Waals surface area contributed by atoms with Crippen LogP contribution in [0.2, 0.25) is 0 Å². The molecule has 2 aliphatic heterocycles. The number of piperazine rings is 2. The summed E-state index contributed by atoms with van der Waals surface area (Å²) in [6.45, 7) is 7.55. The monoisotopic (exact) mass is 487 g/mol. The number of hydrogen-bond donors (Lipinski definition) is 0. The van der Waals surface area contributed by atoms with Crippen LogP contribution in [0.5, 0.6) is 0 Å². The van der Waals surface area contributed by atoms with E-state index in [0.29, 0.717) is 16.9 Å². The fourth-order valence-electron chi connectivity index (χ4n) is 4.80. The Kier molecular flexibility index (Phi) is 5.98. The van der Waals surface area contributed by atoms with Crippen molar-refractivity contribution >= 4 is 17.4 Å². The molecule has 3 aromatic heterocycles. The maximum atomic E-state index is 14.6. The number of hydrogen-bond acceptors (Lipinski definition) is 8. The van der Waals surface area contributed by atoms with Gasteiger partial charge in [-0.25, -0.2) is 23.9 Å². The number of halogens is 1. The van der Waals surface area contributed by atoms with Gasteiger partial charge in [-0.1, -0.05) is 12.1 Å². The first-order chi connectivity index (χ1) is 17.5. The summed E-state index contributed by atoms with van der Waals surface area (Å²) in [6.07, 6.45) is 5.53. The van der Waals surface area contributed by atoms with Crippen molar-refractivity contribution in [2.24, 2.45) is 0 Å². The summed E-state index contributed by atoms with van der Waals surface area (Å²) in [4.78, 5) is 23.3. The SMILES string of the molecule is CN1CCN(c2cc(-c3cnc(N4CCN(C)CC4)nc3)c3nc(-c4ccccc4F)cn3n2)CC1. The second-order valence-corrected chi connectivity index (χ2v) is 9.64. The highest BCUT2D eigenvalue weighted by molar-refractivity contribution is 5.81. The molecule has 0 spiro atoms. The van der Waals surface area contributed by atoms with Gasteiger partial charge in [0.2, 0.25) is 5.95 Å². The molecular weight excluding hydrogens is 457 g/mol. The lowest BCUT2D eigenvalue weighted by Crippen LogP contribution is -2.45. The van der Waals surface area contributed by atoms with Crippen molar-refractivity contribution in [1.82, 2.24) is 34.4 Å². The van der Waals surface area contributed by atoms with Crippen LogP contribution in [0.3, 0.4) is 0 Å². The van der Waals surface area contributed by atoms with Crippen LogP contribution in [-0.2, 0) is 0 Å². The molecule has 0 saturated carbocycles. The molecule has 0 radical (unpaired) electrons. The van der Waals surface area contributed by atoms with Crippen LogP contribution < -0.4 is 9.80 Å². The number of aromatic nitrogens is 5. The number of benzene rings is 1. The number of anilines is 2. The van der Waals surface area contributed by atoms with Crippen molar-refractivity contribution in [1.29, 1.82) is 0 Å². The fourth-order valence-corrected chi connectivity index (χ4v) is 4.80. The first kappa shape index (κ1) is 22.8. The average molecular weight is 488 g/mol. The van der Waals surface area contributed by atoms with Crippen molar-refractivity contribution in [3.63, 3.8) is 0 Å². The maximum absolute atomic E-state index is 14.6. The zero-order valence-corrected chi connectivity index (χ0v) is 20.7. The highest BCUT2D eigenvalue weighted by Gasteiger charge is 2.21. The third-order valence-electron chi connectivity index (χ3n) is 7.12. The van der Waals surface area contributed by atoms with Gasteiger partial charge in [0.15, 0.2) is 5.65 Å². The number of imidazole rings is 1. The van der Waals surface area contributed by atoms with Gasteiger partial charge < -0.3 is 19.6 Å². The van der Waals surface area contributed by atoms with E-state index in [-0.39, 0.29) is 5.82 Å². The molecule has 2 fully saturated rings. The van der Waals surface area contributed by atoms with Gasteiger partial charge in [0.25, 0.3) is 0 Å². The van der Waals surface area contributed by atoms with E-state index in [0.717, 1.165) is 75.3 Å². The largest absolute Gasteiger partial charge is 0.353 e. The molecule has 9 nitrogen and oxygen atoms in total. The Hall–Kier alpha value is -3.63. The van der Waals surface area contributed by atoms with Gasteiger partial charge in [-0.05, 0) is 32.3 Å². The first-order valence-electron chi connectivity index (χ1n) is 12.4. The molecule has 0 amide bonds. The molecule has 4 aromatic rings. The molecular formula is C26H30FN9. The molecule has 2 saturated heterocycles. The van der Waals surface area contributed by atoms with Crippen LogP contribution in [0.1, 0.15) is 0 Å². The standard InChI is InChI=1S/C26H30FN9/c1-32-7-11-34(12-8-32)24-15-21(19-16-28-26(29-17-19)35-13-9-33(2)10-14-35)25-30-23(18-36(25)31-24)20-5-3-4-6-22(20)27/h3-6,15-18H,7-14H2,1-2H3. The Morgan fingerprint density at radius 2 is 1.42 bits per heavy atom. The molecule has 10 heteroatoms. The predicted molar refractivity (Wildman–Crippen MR) is 139 cm³/mol. The van der Waals surface area contributed by atoms with Crippen LogP contribution in [-0.4, -0.2) is 101 Å². The minimum absolute atomic E-state index is 0.304. The van der Waals surface area contributed by atoms with Crippen LogP contribution in [0.15, 0.2) is 48.9 Å². The van der Waals surface area contributed by atoms with E-state index < -0.39 is 0 Å². The molecule has 0 aliphatic carbocycles. The molecule has 5 heterocycles. The highest BCUT2D eigenvalue weighted by Crippen LogP contribution is 2.30. The molecule has 1 aromatic carbocycles. The summed E-state index contributed by atoms with van der Waals surface area (Å²) in [7, 11) is 4.27. The Bertz CT molecular complexity index is 1350. The number of likely N-dealkylation sites (N-methyl/N-ethyl adjacent to an activating group) is 2. The Morgan fingerprint density at radius 3 is 2.08 bits per heavy atom. The first-order valence-corrected chi connectivity index (χ1v) is 12.4. The molecule has 0 bridgehead atoms. The van der Waals surface area contributed by atoms with Gasteiger partial charge >= 0.3 is 0 Å². The second kappa shape index (κ2) is 9.44. The molecule has 6 rings (SSSR count). The zero-order chi connectivity index (χ0) is 24.6. The van der Waals surface area contributed by atoms with E-state index in [1.807, 2.05) is 18.5 Å². The van der Waals surface area contributed by atoms with Gasteiger partial charge in [0.05, 0.1) is 11.9 Å². The van der Waals surface area contributed by atoms with Crippen molar-refractivity contribution in [3.8, 4) is 22.4 Å². The van der Waals surface area contributed by atoms with Crippen molar-refractivity contribution < 1.29 is 4.39 Å². The zero-order valence-electron chi connectivity index (χ0n) is 20.7. The molecule has 0 unspecified atom stereocenters. The van der Waals surface area contributed by atoms with E-state index in [9.17, 15) is 4.39 Å². The third kappa shape index (κ3) is 4.38. The summed E-state index contributed by atoms with van der Waals surface area (Å²) < 4.78 is 16.3. The summed E-state index contributed by atoms with van der Waals surface area (Å²) in [5.41, 5.74) is 3.40. The minimum atomic E-state index is -0.304. The summed E-state index contributed by atoms with van der Waals surface area (Å²) in [5.74, 6) is 1.31. The van der Waals surface area contributed by atoms with Gasteiger partial charge in [-0.3, -0.25) is 0 Å². The Labute approximate surface area is 209 Å². The minimum Gasteiger partial charge on any atom is -0.353 e. The molecule has 0 N–H and O–H groups in total. The Balaban J connectivity index is 1.41. The average Bonchev–Trinajstić information content (AvgIpc) is 3.33. The van der Waals surface area contributed by atoms with E-state index in [4.69, 9.17) is 20.1 Å². The molecule has 36 heavy (non-hydrogen) atoms. The van der Waals surface area contributed by atoms with Gasteiger partial charge in [0, 0.05) is 81.4 Å². The van der Waals surface area contributed by atoms with Gasteiger partial charge in [-0.2, -0.15) is 0 Å². The topological polar surface area (TPSA) is 68.9 Å². The van der Waals surface area contributed by atoms with Crippen molar-refractivity contribution in [2.45, 2.75) is 0 Å². The van der Waals surface area contributed by atoms with Crippen LogP contribution in [0.4, 0.5) is 16.2 Å². The van der Waals surface area contributed by atoms with Crippen LogP contribution >= 0.6 is 0 Å². The van der Waals surface area contributed by atoms with Gasteiger partial charge in [-0.15, -0.1) is 5.10 Å². The fraction of sp³-hybridized carbons (Fsp3) is 0.385. The van der Waals surface area contributed by atoms with E-state index in [1.165, 1.54) is 6.07 Å².